The first-order valence-corrected chi connectivity index (χ1v) is 13.6. The number of nitrogens with zero attached hydrogens (tertiary/aromatic N) is 2. The van der Waals surface area contributed by atoms with Crippen molar-refractivity contribution >= 4 is 45.1 Å². The van der Waals surface area contributed by atoms with E-state index in [1.165, 1.54) is 62.4 Å². The van der Waals surface area contributed by atoms with Crippen LogP contribution in [0.5, 0.6) is 5.75 Å². The van der Waals surface area contributed by atoms with Crippen LogP contribution in [-0.2, 0) is 35.6 Å². The van der Waals surface area contributed by atoms with Crippen LogP contribution in [0.1, 0.15) is 25.8 Å². The quantitative estimate of drug-likeness (QED) is 0.247. The van der Waals surface area contributed by atoms with Crippen molar-refractivity contribution in [3.8, 4) is 5.75 Å². The zero-order valence-corrected chi connectivity index (χ0v) is 22.2. The lowest BCUT2D eigenvalue weighted by Gasteiger charge is -2.27. The molecule has 0 saturated carbocycles. The van der Waals surface area contributed by atoms with Gasteiger partial charge in [-0.1, -0.05) is 30.3 Å². The van der Waals surface area contributed by atoms with Crippen molar-refractivity contribution in [3.63, 3.8) is 0 Å². The van der Waals surface area contributed by atoms with Gasteiger partial charge < -0.3 is 10.1 Å². The Labute approximate surface area is 226 Å². The highest BCUT2D eigenvalue weighted by Crippen LogP contribution is 2.31. The minimum Gasteiger partial charge on any atom is -0.427 e. The molecule has 1 heterocycles. The molecule has 10 nitrogen and oxygen atoms in total. The van der Waals surface area contributed by atoms with E-state index in [1.54, 1.807) is 0 Å². The Morgan fingerprint density at radius 2 is 1.59 bits per heavy atom. The number of ether oxygens (including phenoxy) is 1. The summed E-state index contributed by atoms with van der Waals surface area (Å²) in [5.41, 5.74) is 1.53. The van der Waals surface area contributed by atoms with E-state index in [0.29, 0.717) is 12.1 Å². The molecule has 0 aromatic heterocycles. The Hall–Kier alpha value is -4.35. The molecule has 39 heavy (non-hydrogen) atoms. The van der Waals surface area contributed by atoms with Crippen LogP contribution in [0.4, 0.5) is 11.4 Å². The third-order valence-corrected chi connectivity index (χ3v) is 7.99. The Bertz CT molecular complexity index is 1490. The molecule has 1 aliphatic heterocycles. The topological polar surface area (TPSA) is 130 Å². The van der Waals surface area contributed by atoms with E-state index in [9.17, 15) is 27.6 Å². The summed E-state index contributed by atoms with van der Waals surface area (Å²) in [6.07, 6.45) is -0.0123. The monoisotopic (exact) mass is 549 g/mol. The molecule has 3 amide bonds. The average molecular weight is 550 g/mol. The molecule has 1 N–H and O–H groups in total. The molecule has 3 aromatic rings. The van der Waals surface area contributed by atoms with Gasteiger partial charge in [0.25, 0.3) is 5.91 Å². The second kappa shape index (κ2) is 11.6. The van der Waals surface area contributed by atoms with Crippen molar-refractivity contribution in [2.75, 3.05) is 16.8 Å². The maximum Gasteiger partial charge on any atom is 0.308 e. The zero-order valence-electron chi connectivity index (χ0n) is 21.4. The first-order chi connectivity index (χ1) is 18.6. The first-order valence-electron chi connectivity index (χ1n) is 12.1. The van der Waals surface area contributed by atoms with Gasteiger partial charge in [0.05, 0.1) is 17.0 Å². The van der Waals surface area contributed by atoms with Crippen molar-refractivity contribution in [3.05, 3.63) is 84.4 Å². The molecule has 0 radical (unpaired) electrons. The van der Waals surface area contributed by atoms with Crippen LogP contribution in [-0.4, -0.2) is 49.0 Å². The predicted molar refractivity (Wildman–Crippen MR) is 143 cm³/mol. The van der Waals surface area contributed by atoms with Crippen molar-refractivity contribution < 1.29 is 32.3 Å². The third-order valence-electron chi connectivity index (χ3n) is 6.07. The van der Waals surface area contributed by atoms with Crippen molar-refractivity contribution in [2.45, 2.75) is 37.6 Å². The second-order valence-electron chi connectivity index (χ2n) is 8.93. The SMILES string of the molecule is CC(=O)Nc1ccc(S(=O)(=O)N(CCc2ccccc2)C2CC(=O)N(c3ccc(OC(C)=O)cc3)C2=O)cc1. The summed E-state index contributed by atoms with van der Waals surface area (Å²) in [7, 11) is -4.22. The summed E-state index contributed by atoms with van der Waals surface area (Å²) in [6, 6.07) is 19.4. The van der Waals surface area contributed by atoms with Crippen LogP contribution in [0.15, 0.2) is 83.8 Å². The minimum absolute atomic E-state index is 0.0390. The molecule has 202 valence electrons. The fraction of sp³-hybridized carbons (Fsp3) is 0.214. The summed E-state index contributed by atoms with van der Waals surface area (Å²) >= 11 is 0. The van der Waals surface area contributed by atoms with E-state index in [0.717, 1.165) is 14.8 Å². The van der Waals surface area contributed by atoms with Crippen molar-refractivity contribution in [2.24, 2.45) is 0 Å². The number of hydrogen-bond donors (Lipinski definition) is 1. The lowest BCUT2D eigenvalue weighted by molar-refractivity contribution is -0.132. The highest BCUT2D eigenvalue weighted by atomic mass is 32.2. The van der Waals surface area contributed by atoms with Gasteiger partial charge in [0.15, 0.2) is 0 Å². The standard InChI is InChI=1S/C28H27N3O7S/c1-19(32)29-22-8-14-25(15-9-22)39(36,37)30(17-16-21-6-4-3-5-7-21)26-18-27(34)31(28(26)35)23-10-12-24(13-11-23)38-20(2)33/h3-15,26H,16-18H2,1-2H3,(H,29,32). The number of amides is 3. The summed E-state index contributed by atoms with van der Waals surface area (Å²) in [4.78, 5) is 50.0. The van der Waals surface area contributed by atoms with Gasteiger partial charge in [0.1, 0.15) is 11.8 Å². The zero-order chi connectivity index (χ0) is 28.2. The summed E-state index contributed by atoms with van der Waals surface area (Å²) in [6.45, 7) is 2.56. The molecule has 0 spiro atoms. The lowest BCUT2D eigenvalue weighted by Crippen LogP contribution is -2.46. The number of esters is 1. The molecule has 4 rings (SSSR count). The van der Waals surface area contributed by atoms with Crippen molar-refractivity contribution in [1.29, 1.82) is 0 Å². The van der Waals surface area contributed by atoms with E-state index >= 15 is 0 Å². The number of sulfonamides is 1. The summed E-state index contributed by atoms with van der Waals surface area (Å²) < 4.78 is 33.7. The molecule has 0 bridgehead atoms. The number of imide groups is 1. The fourth-order valence-electron chi connectivity index (χ4n) is 4.32. The maximum absolute atomic E-state index is 13.8. The van der Waals surface area contributed by atoms with E-state index in [4.69, 9.17) is 4.74 Å². The third kappa shape index (κ3) is 6.39. The first kappa shape index (κ1) is 27.7. The van der Waals surface area contributed by atoms with Gasteiger partial charge in [-0.2, -0.15) is 4.31 Å². The van der Waals surface area contributed by atoms with Crippen LogP contribution < -0.4 is 15.0 Å². The molecular formula is C28H27N3O7S. The fourth-order valence-corrected chi connectivity index (χ4v) is 5.90. The van der Waals surface area contributed by atoms with Crippen LogP contribution in [0.25, 0.3) is 0 Å². The van der Waals surface area contributed by atoms with Gasteiger partial charge in [-0.25, -0.2) is 13.3 Å². The summed E-state index contributed by atoms with van der Waals surface area (Å²) in [5, 5.41) is 2.59. The Balaban J connectivity index is 1.65. The molecule has 1 aliphatic rings. The number of rotatable bonds is 9. The normalized spacial score (nSPS) is 15.5. The maximum atomic E-state index is 13.8. The van der Waals surface area contributed by atoms with Gasteiger partial charge in [0, 0.05) is 26.1 Å². The molecule has 1 atom stereocenters. The lowest BCUT2D eigenvalue weighted by atomic mass is 10.1. The molecule has 11 heteroatoms. The average Bonchev–Trinajstić information content (AvgIpc) is 3.18. The van der Waals surface area contributed by atoms with E-state index in [1.807, 2.05) is 30.3 Å². The van der Waals surface area contributed by atoms with E-state index in [-0.39, 0.29) is 35.2 Å². The van der Waals surface area contributed by atoms with Crippen LogP contribution in [0.2, 0.25) is 0 Å². The highest BCUT2D eigenvalue weighted by molar-refractivity contribution is 7.89. The summed E-state index contributed by atoms with van der Waals surface area (Å²) in [5.74, 6) is -1.79. The Kier molecular flexibility index (Phi) is 8.22. The largest absolute Gasteiger partial charge is 0.427 e. The molecule has 1 fully saturated rings. The van der Waals surface area contributed by atoms with Crippen LogP contribution in [0, 0.1) is 0 Å². The predicted octanol–water partition coefficient (Wildman–Crippen LogP) is 3.14. The number of benzene rings is 3. The number of carbonyl (C=O) groups is 4. The van der Waals surface area contributed by atoms with Gasteiger partial charge >= 0.3 is 5.97 Å². The van der Waals surface area contributed by atoms with Crippen LogP contribution in [0.3, 0.4) is 0 Å². The minimum atomic E-state index is -4.22. The molecule has 1 saturated heterocycles. The second-order valence-corrected chi connectivity index (χ2v) is 10.8. The Morgan fingerprint density at radius 1 is 0.949 bits per heavy atom. The van der Waals surface area contributed by atoms with Gasteiger partial charge in [0.2, 0.25) is 21.8 Å². The molecule has 1 unspecified atom stereocenters. The number of anilines is 2. The number of nitrogens with one attached hydrogen (secondary N) is 1. The Morgan fingerprint density at radius 3 is 2.18 bits per heavy atom. The molecule has 3 aromatic carbocycles. The highest BCUT2D eigenvalue weighted by Gasteiger charge is 2.46. The number of carbonyl (C=O) groups excluding carboxylic acids is 4. The van der Waals surface area contributed by atoms with E-state index < -0.39 is 33.8 Å². The smallest absolute Gasteiger partial charge is 0.308 e. The molecular weight excluding hydrogens is 522 g/mol. The van der Waals surface area contributed by atoms with Crippen molar-refractivity contribution in [1.82, 2.24) is 4.31 Å². The molecule has 0 aliphatic carbocycles. The van der Waals surface area contributed by atoms with Gasteiger partial charge in [-0.05, 0) is 60.5 Å². The van der Waals surface area contributed by atoms with E-state index in [2.05, 4.69) is 5.32 Å². The number of hydrogen-bond acceptors (Lipinski definition) is 7. The van der Waals surface area contributed by atoms with Gasteiger partial charge in [-0.15, -0.1) is 0 Å². The van der Waals surface area contributed by atoms with Gasteiger partial charge in [-0.3, -0.25) is 19.2 Å². The van der Waals surface area contributed by atoms with Crippen LogP contribution >= 0.6 is 0 Å².